The highest BCUT2D eigenvalue weighted by atomic mass is 19.4. The molecule has 2 heterocycles. The Morgan fingerprint density at radius 2 is 2.17 bits per heavy atom. The van der Waals surface area contributed by atoms with Gasteiger partial charge in [-0.15, -0.1) is 0 Å². The molecule has 18 heavy (non-hydrogen) atoms. The van der Waals surface area contributed by atoms with Crippen molar-refractivity contribution in [1.29, 1.82) is 0 Å². The first-order valence-electron chi connectivity index (χ1n) is 6.19. The molecular weight excluding hydrogens is 241 g/mol. The molecule has 0 aromatic carbocycles. The highest BCUT2D eigenvalue weighted by molar-refractivity contribution is 5.16. The maximum absolute atomic E-state index is 12.4. The molecule has 2 nitrogen and oxygen atoms in total. The number of halogens is 3. The van der Waals surface area contributed by atoms with E-state index in [-0.39, 0.29) is 0 Å². The van der Waals surface area contributed by atoms with E-state index in [0.717, 1.165) is 31.8 Å². The summed E-state index contributed by atoms with van der Waals surface area (Å²) < 4.78 is 37.1. The number of hydrogen-bond donors (Lipinski definition) is 0. The van der Waals surface area contributed by atoms with E-state index in [1.54, 1.807) is 0 Å². The van der Waals surface area contributed by atoms with E-state index in [1.165, 1.54) is 12.5 Å². The average molecular weight is 258 g/mol. The lowest BCUT2D eigenvalue weighted by atomic mass is 10.0. The van der Waals surface area contributed by atoms with Gasteiger partial charge in [-0.2, -0.15) is 13.2 Å². The Hall–Kier alpha value is -1.10. The van der Waals surface area contributed by atoms with Gasteiger partial charge in [-0.05, 0) is 37.4 Å². The predicted molar refractivity (Wildman–Crippen MR) is 62.9 cm³/mol. The molecular formula is C13H17F3N2. The molecule has 1 atom stereocenters. The second kappa shape index (κ2) is 5.26. The summed E-state index contributed by atoms with van der Waals surface area (Å²) in [5.41, 5.74) is 0.0235. The van der Waals surface area contributed by atoms with Crippen LogP contribution in [0.2, 0.25) is 0 Å². The lowest BCUT2D eigenvalue weighted by Crippen LogP contribution is -2.33. The van der Waals surface area contributed by atoms with E-state index < -0.39 is 11.7 Å². The van der Waals surface area contributed by atoms with E-state index in [0.29, 0.717) is 18.2 Å². The van der Waals surface area contributed by atoms with Gasteiger partial charge < -0.3 is 0 Å². The van der Waals surface area contributed by atoms with Crippen LogP contribution in [0, 0.1) is 5.92 Å². The fraction of sp³-hybridized carbons (Fsp3) is 0.615. The third kappa shape index (κ3) is 3.45. The minimum atomic E-state index is -4.30. The highest BCUT2D eigenvalue weighted by Crippen LogP contribution is 2.28. The van der Waals surface area contributed by atoms with Crippen molar-refractivity contribution in [2.75, 3.05) is 13.1 Å². The summed E-state index contributed by atoms with van der Waals surface area (Å²) in [6.45, 7) is 4.85. The number of hydrogen-bond acceptors (Lipinski definition) is 2. The lowest BCUT2D eigenvalue weighted by molar-refractivity contribution is -0.137. The van der Waals surface area contributed by atoms with Crippen LogP contribution >= 0.6 is 0 Å². The summed E-state index contributed by atoms with van der Waals surface area (Å²) in [7, 11) is 0. The van der Waals surface area contributed by atoms with Crippen LogP contribution in [-0.2, 0) is 12.7 Å². The Balaban J connectivity index is 1.98. The number of aromatic nitrogens is 1. The zero-order valence-electron chi connectivity index (χ0n) is 10.4. The van der Waals surface area contributed by atoms with E-state index >= 15 is 0 Å². The van der Waals surface area contributed by atoms with Crippen molar-refractivity contribution in [3.05, 3.63) is 29.6 Å². The molecule has 0 N–H and O–H groups in total. The predicted octanol–water partition coefficient (Wildman–Crippen LogP) is 3.33. The Labute approximate surface area is 105 Å². The number of pyridine rings is 1. The summed E-state index contributed by atoms with van der Waals surface area (Å²) in [4.78, 5) is 6.16. The van der Waals surface area contributed by atoms with Crippen LogP contribution in [-0.4, -0.2) is 23.0 Å². The number of rotatable bonds is 2. The first-order chi connectivity index (χ1) is 8.45. The number of nitrogens with zero attached hydrogens (tertiary/aromatic N) is 2. The smallest absolute Gasteiger partial charge is 0.297 e. The van der Waals surface area contributed by atoms with Crippen LogP contribution < -0.4 is 0 Å². The first kappa shape index (κ1) is 13.3. The molecule has 5 heteroatoms. The Morgan fingerprint density at radius 3 is 2.72 bits per heavy atom. The largest absolute Gasteiger partial charge is 0.417 e. The minimum absolute atomic E-state index is 0.641. The van der Waals surface area contributed by atoms with Crippen molar-refractivity contribution in [1.82, 2.24) is 9.88 Å². The fourth-order valence-corrected chi connectivity index (χ4v) is 2.35. The van der Waals surface area contributed by atoms with Gasteiger partial charge in [0, 0.05) is 19.3 Å². The maximum atomic E-state index is 12.4. The van der Waals surface area contributed by atoms with Crippen LogP contribution in [0.3, 0.4) is 0 Å². The lowest BCUT2D eigenvalue weighted by Gasteiger charge is -2.30. The van der Waals surface area contributed by atoms with Crippen molar-refractivity contribution in [2.24, 2.45) is 5.92 Å². The molecule has 100 valence electrons. The van der Waals surface area contributed by atoms with Gasteiger partial charge in [-0.1, -0.05) is 6.92 Å². The van der Waals surface area contributed by atoms with Crippen molar-refractivity contribution >= 4 is 0 Å². The zero-order valence-corrected chi connectivity index (χ0v) is 10.4. The molecule has 1 aliphatic rings. The molecule has 0 amide bonds. The molecule has 1 aliphatic heterocycles. The Kier molecular flexibility index (Phi) is 3.90. The minimum Gasteiger partial charge on any atom is -0.297 e. The number of piperidine rings is 1. The zero-order chi connectivity index (χ0) is 13.2. The summed E-state index contributed by atoms with van der Waals surface area (Å²) >= 11 is 0. The van der Waals surface area contributed by atoms with Gasteiger partial charge in [0.25, 0.3) is 0 Å². The molecule has 2 rings (SSSR count). The van der Waals surface area contributed by atoms with E-state index in [4.69, 9.17) is 0 Å². The SMILES string of the molecule is CC1CCCN(Cc2ccc(C(F)(F)F)cn2)C1. The molecule has 1 unspecified atom stereocenters. The van der Waals surface area contributed by atoms with E-state index in [9.17, 15) is 13.2 Å². The topological polar surface area (TPSA) is 16.1 Å². The van der Waals surface area contributed by atoms with Crippen LogP contribution in [0.5, 0.6) is 0 Å². The van der Waals surface area contributed by atoms with Gasteiger partial charge in [-0.25, -0.2) is 0 Å². The monoisotopic (exact) mass is 258 g/mol. The second-order valence-corrected chi connectivity index (χ2v) is 5.02. The molecule has 1 aromatic rings. The number of likely N-dealkylation sites (tertiary alicyclic amines) is 1. The third-order valence-corrected chi connectivity index (χ3v) is 3.28. The van der Waals surface area contributed by atoms with Crippen molar-refractivity contribution in [3.8, 4) is 0 Å². The molecule has 0 aliphatic carbocycles. The molecule has 1 fully saturated rings. The van der Waals surface area contributed by atoms with Gasteiger partial charge in [0.1, 0.15) is 0 Å². The maximum Gasteiger partial charge on any atom is 0.417 e. The highest BCUT2D eigenvalue weighted by Gasteiger charge is 2.30. The quantitative estimate of drug-likeness (QED) is 0.809. The average Bonchev–Trinajstić information content (AvgIpc) is 2.28. The molecule has 1 saturated heterocycles. The standard InChI is InChI=1S/C13H17F3N2/c1-10-3-2-6-18(8-10)9-12-5-4-11(7-17-12)13(14,15)16/h4-5,7,10H,2-3,6,8-9H2,1H3. The Morgan fingerprint density at radius 1 is 1.39 bits per heavy atom. The van der Waals surface area contributed by atoms with Crippen LogP contribution in [0.15, 0.2) is 18.3 Å². The molecule has 0 radical (unpaired) electrons. The second-order valence-electron chi connectivity index (χ2n) is 5.02. The van der Waals surface area contributed by atoms with Crippen LogP contribution in [0.25, 0.3) is 0 Å². The summed E-state index contributed by atoms with van der Waals surface area (Å²) in [5, 5.41) is 0. The summed E-state index contributed by atoms with van der Waals surface area (Å²) in [6.07, 6.45) is -0.993. The van der Waals surface area contributed by atoms with E-state index in [1.807, 2.05) is 0 Å². The van der Waals surface area contributed by atoms with Gasteiger partial charge in [0.15, 0.2) is 0 Å². The first-order valence-corrected chi connectivity index (χ1v) is 6.19. The molecule has 0 spiro atoms. The fourth-order valence-electron chi connectivity index (χ4n) is 2.35. The molecule has 0 bridgehead atoms. The normalized spacial score (nSPS) is 22.1. The van der Waals surface area contributed by atoms with Gasteiger partial charge in [0.05, 0.1) is 11.3 Å². The van der Waals surface area contributed by atoms with Crippen molar-refractivity contribution < 1.29 is 13.2 Å². The van der Waals surface area contributed by atoms with Gasteiger partial charge in [0.2, 0.25) is 0 Å². The van der Waals surface area contributed by atoms with Crippen molar-refractivity contribution in [3.63, 3.8) is 0 Å². The van der Waals surface area contributed by atoms with Crippen LogP contribution in [0.4, 0.5) is 13.2 Å². The van der Waals surface area contributed by atoms with Crippen molar-refractivity contribution in [2.45, 2.75) is 32.5 Å². The number of alkyl halides is 3. The van der Waals surface area contributed by atoms with E-state index in [2.05, 4.69) is 16.8 Å². The van der Waals surface area contributed by atoms with Crippen LogP contribution in [0.1, 0.15) is 31.0 Å². The van der Waals surface area contributed by atoms with Gasteiger partial charge in [-0.3, -0.25) is 9.88 Å². The molecule has 1 aromatic heterocycles. The Bertz CT molecular complexity index is 386. The molecule has 0 saturated carbocycles. The summed E-state index contributed by atoms with van der Waals surface area (Å²) in [5.74, 6) is 0.660. The summed E-state index contributed by atoms with van der Waals surface area (Å²) in [6, 6.07) is 2.58. The van der Waals surface area contributed by atoms with Gasteiger partial charge >= 0.3 is 6.18 Å². The third-order valence-electron chi connectivity index (χ3n) is 3.28.